The lowest BCUT2D eigenvalue weighted by Gasteiger charge is -2.22. The van der Waals surface area contributed by atoms with E-state index in [4.69, 9.17) is 0 Å². The second kappa shape index (κ2) is 4.39. The first-order chi connectivity index (χ1) is 8.61. The Morgan fingerprint density at radius 3 is 2.22 bits per heavy atom. The van der Waals surface area contributed by atoms with Gasteiger partial charge in [0.25, 0.3) is 0 Å². The number of rotatable bonds is 3. The molecular weight excluding hydrogens is 221 g/mol. The van der Waals surface area contributed by atoms with Crippen LogP contribution < -0.4 is 0 Å². The predicted octanol–water partition coefficient (Wildman–Crippen LogP) is 2.89. The molecule has 1 N–H and O–H groups in total. The summed E-state index contributed by atoms with van der Waals surface area (Å²) >= 11 is 0. The Morgan fingerprint density at radius 2 is 1.72 bits per heavy atom. The van der Waals surface area contributed by atoms with E-state index in [0.717, 1.165) is 30.6 Å². The molecule has 1 heterocycles. The van der Waals surface area contributed by atoms with E-state index in [9.17, 15) is 0 Å². The smallest absolute Gasteiger partial charge is 0.113 e. The van der Waals surface area contributed by atoms with Gasteiger partial charge in [-0.15, -0.1) is 0 Å². The second-order valence-electron chi connectivity index (χ2n) is 6.77. The molecule has 1 fully saturated rings. The summed E-state index contributed by atoms with van der Waals surface area (Å²) in [6, 6.07) is 0. The van der Waals surface area contributed by atoms with Crippen LogP contribution in [-0.4, -0.2) is 22.7 Å². The van der Waals surface area contributed by atoms with Crippen molar-refractivity contribution in [3.8, 4) is 0 Å². The van der Waals surface area contributed by atoms with Crippen LogP contribution in [0.2, 0.25) is 12.1 Å². The quantitative estimate of drug-likeness (QED) is 0.830. The number of H-pyrrole nitrogens is 1. The molecule has 3 nitrogen and oxygen atoms in total. The zero-order chi connectivity index (χ0) is 12.8. The molecule has 3 rings (SSSR count). The van der Waals surface area contributed by atoms with Crippen molar-refractivity contribution < 1.29 is 0 Å². The van der Waals surface area contributed by atoms with Gasteiger partial charge in [-0.05, 0) is 43.4 Å². The Kier molecular flexibility index (Phi) is 2.99. The standard InChI is InChI=1S/C14H23BN3/c1-14(2,15-3)8-11-9-4-6-12-13(17-18-16-12)7-5-10(9)11/h9-11H,4-8H2,1-3H3,(H,16,17,18)/t9-,10+,11?. The third-order valence-electron chi connectivity index (χ3n) is 5.18. The monoisotopic (exact) mass is 244 g/mol. The Bertz CT molecular complexity index is 398. The van der Waals surface area contributed by atoms with Crippen LogP contribution >= 0.6 is 0 Å². The molecule has 2 aliphatic carbocycles. The highest BCUT2D eigenvalue weighted by atomic mass is 15.3. The van der Waals surface area contributed by atoms with Crippen LogP contribution in [0.3, 0.4) is 0 Å². The van der Waals surface area contributed by atoms with Gasteiger partial charge in [0.2, 0.25) is 0 Å². The average molecular weight is 244 g/mol. The van der Waals surface area contributed by atoms with Gasteiger partial charge in [-0.1, -0.05) is 32.4 Å². The van der Waals surface area contributed by atoms with E-state index in [2.05, 4.69) is 43.4 Å². The van der Waals surface area contributed by atoms with Gasteiger partial charge in [0.05, 0.1) is 11.4 Å². The first-order valence-electron chi connectivity index (χ1n) is 7.30. The highest BCUT2D eigenvalue weighted by molar-refractivity contribution is 6.37. The highest BCUT2D eigenvalue weighted by Gasteiger charge is 2.50. The molecule has 1 radical (unpaired) electrons. The highest BCUT2D eigenvalue weighted by Crippen LogP contribution is 2.58. The molecule has 0 spiro atoms. The lowest BCUT2D eigenvalue weighted by Crippen LogP contribution is -2.11. The zero-order valence-corrected chi connectivity index (χ0v) is 11.7. The topological polar surface area (TPSA) is 41.6 Å². The van der Waals surface area contributed by atoms with E-state index in [0.29, 0.717) is 5.31 Å². The van der Waals surface area contributed by atoms with Gasteiger partial charge >= 0.3 is 0 Å². The molecule has 1 aromatic rings. The SMILES string of the molecule is C[B]C(C)(C)CC1[C@H]2CCc3n[nH]nc3CC[C@@H]12. The van der Waals surface area contributed by atoms with Gasteiger partial charge in [0.15, 0.2) is 0 Å². The second-order valence-corrected chi connectivity index (χ2v) is 6.77. The summed E-state index contributed by atoms with van der Waals surface area (Å²) in [6.45, 7) is 6.93. The number of nitrogens with zero attached hydrogens (tertiary/aromatic N) is 2. The predicted molar refractivity (Wildman–Crippen MR) is 73.8 cm³/mol. The van der Waals surface area contributed by atoms with Crippen molar-refractivity contribution in [2.24, 2.45) is 17.8 Å². The van der Waals surface area contributed by atoms with Crippen molar-refractivity contribution in [2.45, 2.75) is 58.1 Å². The Balaban J connectivity index is 1.64. The van der Waals surface area contributed by atoms with Gasteiger partial charge in [0, 0.05) is 0 Å². The zero-order valence-electron chi connectivity index (χ0n) is 11.7. The van der Waals surface area contributed by atoms with Crippen LogP contribution in [0.4, 0.5) is 0 Å². The van der Waals surface area contributed by atoms with E-state index in [1.54, 1.807) is 0 Å². The summed E-state index contributed by atoms with van der Waals surface area (Å²) in [5.41, 5.74) is 2.45. The number of hydrogen-bond acceptors (Lipinski definition) is 2. The minimum absolute atomic E-state index is 0.401. The summed E-state index contributed by atoms with van der Waals surface area (Å²) in [7, 11) is 2.37. The summed E-state index contributed by atoms with van der Waals surface area (Å²) in [6.07, 6.45) is 6.24. The summed E-state index contributed by atoms with van der Waals surface area (Å²) in [4.78, 5) is 0. The van der Waals surface area contributed by atoms with Crippen LogP contribution in [0, 0.1) is 17.8 Å². The van der Waals surface area contributed by atoms with Crippen molar-refractivity contribution in [1.29, 1.82) is 0 Å². The third kappa shape index (κ3) is 2.22. The molecule has 3 atom stereocenters. The van der Waals surface area contributed by atoms with Crippen LogP contribution in [0.1, 0.15) is 44.5 Å². The Labute approximate surface area is 110 Å². The normalized spacial score (nSPS) is 30.9. The molecule has 4 heteroatoms. The van der Waals surface area contributed by atoms with Crippen molar-refractivity contribution in [3.05, 3.63) is 11.4 Å². The number of nitrogens with one attached hydrogen (secondary N) is 1. The average Bonchev–Trinajstić information content (AvgIpc) is 2.74. The van der Waals surface area contributed by atoms with Gasteiger partial charge in [-0.3, -0.25) is 0 Å². The van der Waals surface area contributed by atoms with E-state index < -0.39 is 0 Å². The van der Waals surface area contributed by atoms with E-state index in [1.165, 1.54) is 30.7 Å². The lowest BCUT2D eigenvalue weighted by molar-refractivity contribution is 0.506. The third-order valence-corrected chi connectivity index (χ3v) is 5.18. The van der Waals surface area contributed by atoms with Crippen molar-refractivity contribution in [3.63, 3.8) is 0 Å². The van der Waals surface area contributed by atoms with Crippen molar-refractivity contribution >= 4 is 7.28 Å². The van der Waals surface area contributed by atoms with Crippen LogP contribution in [0.5, 0.6) is 0 Å². The number of hydrogen-bond donors (Lipinski definition) is 1. The van der Waals surface area contributed by atoms with Crippen LogP contribution in [-0.2, 0) is 12.8 Å². The molecule has 97 valence electrons. The lowest BCUT2D eigenvalue weighted by atomic mass is 9.54. The fraction of sp³-hybridized carbons (Fsp3) is 0.857. The molecule has 0 amide bonds. The Morgan fingerprint density at radius 1 is 1.17 bits per heavy atom. The first kappa shape index (κ1) is 12.2. The molecule has 1 unspecified atom stereocenters. The molecule has 1 aromatic heterocycles. The van der Waals surface area contributed by atoms with E-state index in [1.807, 2.05) is 0 Å². The largest absolute Gasteiger partial charge is 0.197 e. The minimum Gasteiger partial charge on any atom is -0.197 e. The van der Waals surface area contributed by atoms with Crippen molar-refractivity contribution in [2.75, 3.05) is 0 Å². The molecular formula is C14H23BN3. The van der Waals surface area contributed by atoms with Crippen LogP contribution in [0.15, 0.2) is 0 Å². The maximum atomic E-state index is 4.28. The summed E-state index contributed by atoms with van der Waals surface area (Å²) < 4.78 is 0. The van der Waals surface area contributed by atoms with E-state index >= 15 is 0 Å². The number of aryl methyl sites for hydroxylation is 2. The fourth-order valence-electron chi connectivity index (χ4n) is 3.69. The van der Waals surface area contributed by atoms with E-state index in [-0.39, 0.29) is 0 Å². The molecule has 1 saturated carbocycles. The van der Waals surface area contributed by atoms with Crippen LogP contribution in [0.25, 0.3) is 0 Å². The van der Waals surface area contributed by atoms with Gasteiger partial charge in [0.1, 0.15) is 7.28 Å². The molecule has 18 heavy (non-hydrogen) atoms. The molecule has 2 aliphatic rings. The van der Waals surface area contributed by atoms with Gasteiger partial charge in [-0.25, -0.2) is 0 Å². The number of aromatic amines is 1. The van der Waals surface area contributed by atoms with Crippen molar-refractivity contribution in [1.82, 2.24) is 15.4 Å². The van der Waals surface area contributed by atoms with Gasteiger partial charge < -0.3 is 0 Å². The number of aromatic nitrogens is 3. The number of fused-ring (bicyclic) bond motifs is 2. The summed E-state index contributed by atoms with van der Waals surface area (Å²) in [5.74, 6) is 2.85. The molecule has 0 saturated heterocycles. The molecule has 0 aromatic carbocycles. The Hall–Kier alpha value is -0.795. The minimum atomic E-state index is 0.401. The maximum Gasteiger partial charge on any atom is 0.113 e. The first-order valence-corrected chi connectivity index (χ1v) is 7.30. The molecule has 0 bridgehead atoms. The fourth-order valence-corrected chi connectivity index (χ4v) is 3.69. The summed E-state index contributed by atoms with van der Waals surface area (Å²) in [5, 5.41) is 11.7. The maximum absolute atomic E-state index is 4.28. The molecule has 0 aliphatic heterocycles. The van der Waals surface area contributed by atoms with Gasteiger partial charge in [-0.2, -0.15) is 15.4 Å².